The van der Waals surface area contributed by atoms with E-state index in [0.717, 1.165) is 25.7 Å². The van der Waals surface area contributed by atoms with Crippen molar-refractivity contribution in [2.75, 3.05) is 36.2 Å². The minimum atomic E-state index is -2.98. The number of carbonyl (C=O) groups is 1. The summed E-state index contributed by atoms with van der Waals surface area (Å²) in [4.78, 5) is 12.7. The summed E-state index contributed by atoms with van der Waals surface area (Å²) in [6.45, 7) is 1.08. The van der Waals surface area contributed by atoms with Gasteiger partial charge < -0.3 is 9.64 Å². The highest BCUT2D eigenvalue weighted by Gasteiger charge is 2.31. The SMILES string of the molecule is O=CN(CCCCCO[C@@H]1CCS(=O)(=O)C1)[C@@H]1CCS(=O)(=O)C1. The zero-order chi connectivity index (χ0) is 16.9. The van der Waals surface area contributed by atoms with Crippen molar-refractivity contribution in [2.24, 2.45) is 0 Å². The smallest absolute Gasteiger partial charge is 0.209 e. The van der Waals surface area contributed by atoms with E-state index in [9.17, 15) is 21.6 Å². The summed E-state index contributed by atoms with van der Waals surface area (Å²) in [6, 6.07) is -0.183. The Morgan fingerprint density at radius 3 is 2.22 bits per heavy atom. The van der Waals surface area contributed by atoms with E-state index in [0.29, 0.717) is 26.0 Å². The maximum Gasteiger partial charge on any atom is 0.209 e. The van der Waals surface area contributed by atoms with E-state index in [4.69, 9.17) is 4.74 Å². The minimum Gasteiger partial charge on any atom is -0.377 e. The molecule has 2 heterocycles. The van der Waals surface area contributed by atoms with Crippen LogP contribution in [0.5, 0.6) is 0 Å². The number of rotatable bonds is 9. The number of amides is 1. The molecule has 2 aliphatic heterocycles. The molecule has 0 bridgehead atoms. The van der Waals surface area contributed by atoms with Gasteiger partial charge in [-0.05, 0) is 32.1 Å². The molecule has 2 rings (SSSR count). The first-order chi connectivity index (χ1) is 10.8. The lowest BCUT2D eigenvalue weighted by molar-refractivity contribution is -0.119. The fourth-order valence-electron chi connectivity index (χ4n) is 3.07. The molecule has 134 valence electrons. The van der Waals surface area contributed by atoms with Crippen molar-refractivity contribution >= 4 is 26.1 Å². The van der Waals surface area contributed by atoms with Crippen LogP contribution in [0, 0.1) is 0 Å². The van der Waals surface area contributed by atoms with Gasteiger partial charge in [0.25, 0.3) is 0 Å². The van der Waals surface area contributed by atoms with Crippen molar-refractivity contribution in [1.82, 2.24) is 4.90 Å². The highest BCUT2D eigenvalue weighted by molar-refractivity contribution is 7.91. The number of hydrogen-bond acceptors (Lipinski definition) is 6. The fourth-order valence-corrected chi connectivity index (χ4v) is 6.43. The van der Waals surface area contributed by atoms with Crippen LogP contribution in [0.2, 0.25) is 0 Å². The van der Waals surface area contributed by atoms with Crippen LogP contribution >= 0.6 is 0 Å². The quantitative estimate of drug-likeness (QED) is 0.420. The van der Waals surface area contributed by atoms with Crippen LogP contribution in [-0.4, -0.2) is 76.5 Å². The summed E-state index contributed by atoms with van der Waals surface area (Å²) < 4.78 is 51.0. The van der Waals surface area contributed by atoms with Gasteiger partial charge >= 0.3 is 0 Å². The zero-order valence-electron chi connectivity index (χ0n) is 13.2. The Morgan fingerprint density at radius 2 is 1.65 bits per heavy atom. The summed E-state index contributed by atoms with van der Waals surface area (Å²) in [5, 5.41) is 0. The number of hydrogen-bond donors (Lipinski definition) is 0. The third-order valence-electron chi connectivity index (χ3n) is 4.42. The molecule has 0 aromatic carbocycles. The zero-order valence-corrected chi connectivity index (χ0v) is 14.9. The molecule has 0 unspecified atom stereocenters. The second-order valence-electron chi connectivity index (χ2n) is 6.36. The maximum atomic E-state index is 11.4. The van der Waals surface area contributed by atoms with Crippen molar-refractivity contribution in [3.8, 4) is 0 Å². The maximum absolute atomic E-state index is 11.4. The van der Waals surface area contributed by atoms with Gasteiger partial charge in [0.1, 0.15) is 0 Å². The van der Waals surface area contributed by atoms with Crippen LogP contribution in [0.15, 0.2) is 0 Å². The molecule has 2 fully saturated rings. The van der Waals surface area contributed by atoms with E-state index in [1.807, 2.05) is 0 Å². The van der Waals surface area contributed by atoms with Crippen LogP contribution in [-0.2, 0) is 29.2 Å². The van der Waals surface area contributed by atoms with E-state index in [-0.39, 0.29) is 35.2 Å². The Bertz CT molecular complexity index is 601. The first kappa shape index (κ1) is 18.7. The molecule has 0 N–H and O–H groups in total. The second kappa shape index (κ2) is 7.94. The molecule has 0 aromatic rings. The molecule has 0 saturated carbocycles. The molecule has 0 aliphatic carbocycles. The molecule has 9 heteroatoms. The van der Waals surface area contributed by atoms with Gasteiger partial charge in [0.2, 0.25) is 6.41 Å². The fraction of sp³-hybridized carbons (Fsp3) is 0.929. The number of carbonyl (C=O) groups excluding carboxylic acids is 1. The molecule has 2 saturated heterocycles. The molecule has 23 heavy (non-hydrogen) atoms. The summed E-state index contributed by atoms with van der Waals surface area (Å²) in [7, 11) is -5.87. The van der Waals surface area contributed by atoms with Gasteiger partial charge in [0, 0.05) is 19.2 Å². The topological polar surface area (TPSA) is 97.8 Å². The number of ether oxygens (including phenoxy) is 1. The largest absolute Gasteiger partial charge is 0.377 e. The highest BCUT2D eigenvalue weighted by Crippen LogP contribution is 2.18. The lowest BCUT2D eigenvalue weighted by Crippen LogP contribution is -2.35. The van der Waals surface area contributed by atoms with Gasteiger partial charge in [-0.2, -0.15) is 0 Å². The Morgan fingerprint density at radius 1 is 0.957 bits per heavy atom. The Kier molecular flexibility index (Phi) is 6.44. The van der Waals surface area contributed by atoms with Gasteiger partial charge in [-0.25, -0.2) is 16.8 Å². The summed E-state index contributed by atoms with van der Waals surface area (Å²) >= 11 is 0. The lowest BCUT2D eigenvalue weighted by atomic mass is 10.2. The van der Waals surface area contributed by atoms with Crippen molar-refractivity contribution in [2.45, 2.75) is 44.2 Å². The van der Waals surface area contributed by atoms with Crippen LogP contribution in [0.4, 0.5) is 0 Å². The van der Waals surface area contributed by atoms with Gasteiger partial charge in [-0.15, -0.1) is 0 Å². The molecule has 0 radical (unpaired) electrons. The summed E-state index contributed by atoms with van der Waals surface area (Å²) in [5.74, 6) is 0.587. The standard InChI is InChI=1S/C14H25NO6S2/c16-12-15(13-4-8-22(17,18)10-13)6-2-1-3-7-21-14-5-9-23(19,20)11-14/h12-14H,1-11H2/t13-,14-/m1/s1. The molecule has 2 atom stereocenters. The van der Waals surface area contributed by atoms with E-state index in [2.05, 4.69) is 0 Å². The normalized spacial score (nSPS) is 28.7. The van der Waals surface area contributed by atoms with Crippen LogP contribution < -0.4 is 0 Å². The first-order valence-corrected chi connectivity index (χ1v) is 11.7. The number of nitrogens with zero attached hydrogens (tertiary/aromatic N) is 1. The van der Waals surface area contributed by atoms with Gasteiger partial charge in [-0.3, -0.25) is 4.79 Å². The van der Waals surface area contributed by atoms with Gasteiger partial charge in [0.05, 0.1) is 29.1 Å². The lowest BCUT2D eigenvalue weighted by Gasteiger charge is -2.23. The van der Waals surface area contributed by atoms with E-state index in [1.165, 1.54) is 0 Å². The first-order valence-electron chi connectivity index (χ1n) is 8.05. The predicted octanol–water partition coefficient (Wildman–Crippen LogP) is 0.00590. The molecule has 0 spiro atoms. The van der Waals surface area contributed by atoms with Crippen molar-refractivity contribution in [1.29, 1.82) is 0 Å². The Hall–Kier alpha value is -0.670. The second-order valence-corrected chi connectivity index (χ2v) is 10.8. The van der Waals surface area contributed by atoms with Crippen molar-refractivity contribution in [3.63, 3.8) is 0 Å². The Labute approximate surface area is 138 Å². The molecular formula is C14H25NO6S2. The summed E-state index contributed by atoms with van der Waals surface area (Å²) in [6.07, 6.45) is 4.15. The molecule has 0 aromatic heterocycles. The number of unbranched alkanes of at least 4 members (excludes halogenated alkanes) is 2. The minimum absolute atomic E-state index is 0.0744. The molecule has 1 amide bonds. The van der Waals surface area contributed by atoms with Gasteiger partial charge in [-0.1, -0.05) is 0 Å². The monoisotopic (exact) mass is 367 g/mol. The Balaban J connectivity index is 1.57. The number of sulfone groups is 2. The summed E-state index contributed by atoms with van der Waals surface area (Å²) in [5.41, 5.74) is 0. The van der Waals surface area contributed by atoms with E-state index >= 15 is 0 Å². The van der Waals surface area contributed by atoms with E-state index < -0.39 is 19.7 Å². The van der Waals surface area contributed by atoms with Crippen LogP contribution in [0.3, 0.4) is 0 Å². The van der Waals surface area contributed by atoms with Crippen LogP contribution in [0.1, 0.15) is 32.1 Å². The van der Waals surface area contributed by atoms with E-state index in [1.54, 1.807) is 4.90 Å². The average molecular weight is 367 g/mol. The molecule has 2 aliphatic rings. The van der Waals surface area contributed by atoms with Crippen molar-refractivity contribution in [3.05, 3.63) is 0 Å². The highest BCUT2D eigenvalue weighted by atomic mass is 32.2. The van der Waals surface area contributed by atoms with Gasteiger partial charge in [0.15, 0.2) is 19.7 Å². The van der Waals surface area contributed by atoms with Crippen LogP contribution in [0.25, 0.3) is 0 Å². The molecule has 7 nitrogen and oxygen atoms in total. The molecular weight excluding hydrogens is 342 g/mol. The predicted molar refractivity (Wildman–Crippen MR) is 86.7 cm³/mol. The third-order valence-corrected chi connectivity index (χ3v) is 7.91. The van der Waals surface area contributed by atoms with Crippen molar-refractivity contribution < 1.29 is 26.4 Å². The third kappa shape index (κ3) is 6.04. The average Bonchev–Trinajstić information content (AvgIpc) is 3.00.